The van der Waals surface area contributed by atoms with Gasteiger partial charge in [-0.2, -0.15) is 13.2 Å². The molecule has 0 bridgehead atoms. The van der Waals surface area contributed by atoms with Crippen LogP contribution in [0.2, 0.25) is 0 Å². The summed E-state index contributed by atoms with van der Waals surface area (Å²) in [5.74, 6) is 0.0000686. The van der Waals surface area contributed by atoms with E-state index in [1.54, 1.807) is 9.80 Å². The Morgan fingerprint density at radius 1 is 0.964 bits per heavy atom. The van der Waals surface area contributed by atoms with E-state index in [0.29, 0.717) is 37.7 Å². The van der Waals surface area contributed by atoms with E-state index in [1.807, 2.05) is 0 Å². The zero-order valence-electron chi connectivity index (χ0n) is 15.0. The summed E-state index contributed by atoms with van der Waals surface area (Å²) in [6, 6.07) is 4.51. The zero-order valence-corrected chi connectivity index (χ0v) is 15.0. The number of nitrogens with one attached hydrogen (secondary N) is 1. The molecule has 0 spiro atoms. The van der Waals surface area contributed by atoms with Crippen LogP contribution in [0, 0.1) is 0 Å². The molecule has 0 radical (unpaired) electrons. The molecule has 1 aromatic heterocycles. The molecule has 1 N–H and O–H groups in total. The van der Waals surface area contributed by atoms with Crippen molar-refractivity contribution in [3.63, 3.8) is 0 Å². The first-order chi connectivity index (χ1) is 13.2. The lowest BCUT2D eigenvalue weighted by Gasteiger charge is -2.33. The highest BCUT2D eigenvalue weighted by Crippen LogP contribution is 2.30. The first-order valence-corrected chi connectivity index (χ1v) is 8.55. The van der Waals surface area contributed by atoms with E-state index in [4.69, 9.17) is 0 Å². The zero-order chi connectivity index (χ0) is 20.3. The number of halogens is 3. The fourth-order valence-electron chi connectivity index (χ4n) is 2.78. The molecule has 3 rings (SSSR count). The number of benzene rings is 1. The summed E-state index contributed by atoms with van der Waals surface area (Å²) in [6.45, 7) is 3.28. The first kappa shape index (κ1) is 19.6. The number of carbonyl (C=O) groups is 2. The van der Waals surface area contributed by atoms with Crippen LogP contribution in [0.15, 0.2) is 36.7 Å². The van der Waals surface area contributed by atoms with Crippen molar-refractivity contribution in [3.05, 3.63) is 47.9 Å². The predicted octanol–water partition coefficient (Wildman–Crippen LogP) is 2.54. The van der Waals surface area contributed by atoms with Gasteiger partial charge in [0.25, 0.3) is 5.91 Å². The lowest BCUT2D eigenvalue weighted by molar-refractivity contribution is -0.137. The van der Waals surface area contributed by atoms with E-state index in [0.717, 1.165) is 12.1 Å². The third kappa shape index (κ3) is 4.56. The van der Waals surface area contributed by atoms with Gasteiger partial charge in [-0.15, -0.1) is 0 Å². The molecule has 0 atom stereocenters. The van der Waals surface area contributed by atoms with E-state index >= 15 is 0 Å². The van der Waals surface area contributed by atoms with Gasteiger partial charge in [0.05, 0.1) is 18.0 Å². The van der Waals surface area contributed by atoms with E-state index in [2.05, 4.69) is 15.3 Å². The third-order valence-corrected chi connectivity index (χ3v) is 4.37. The molecule has 28 heavy (non-hydrogen) atoms. The van der Waals surface area contributed by atoms with Crippen molar-refractivity contribution in [1.29, 1.82) is 0 Å². The summed E-state index contributed by atoms with van der Waals surface area (Å²) in [4.78, 5) is 35.3. The van der Waals surface area contributed by atoms with Crippen molar-refractivity contribution in [1.82, 2.24) is 19.8 Å². The van der Waals surface area contributed by atoms with Crippen LogP contribution in [-0.4, -0.2) is 57.8 Å². The number of nitrogens with zero attached hydrogens (tertiary/aromatic N) is 4. The van der Waals surface area contributed by atoms with Crippen molar-refractivity contribution >= 4 is 23.3 Å². The monoisotopic (exact) mass is 393 g/mol. The van der Waals surface area contributed by atoms with Gasteiger partial charge in [0.2, 0.25) is 5.91 Å². The Kier molecular flexibility index (Phi) is 5.48. The number of rotatable bonds is 3. The number of amides is 2. The number of piperazine rings is 1. The molecule has 2 amide bonds. The molecule has 2 heterocycles. The van der Waals surface area contributed by atoms with Crippen LogP contribution in [0.4, 0.5) is 24.7 Å². The minimum absolute atomic E-state index is 0.0226. The van der Waals surface area contributed by atoms with Gasteiger partial charge in [0.1, 0.15) is 11.5 Å². The maximum Gasteiger partial charge on any atom is 0.416 e. The molecule has 10 heteroatoms. The highest BCUT2D eigenvalue weighted by molar-refractivity contribution is 5.92. The number of alkyl halides is 3. The summed E-state index contributed by atoms with van der Waals surface area (Å²) >= 11 is 0. The van der Waals surface area contributed by atoms with Crippen molar-refractivity contribution in [2.75, 3.05) is 31.5 Å². The van der Waals surface area contributed by atoms with Crippen LogP contribution < -0.4 is 5.32 Å². The second-order valence-electron chi connectivity index (χ2n) is 6.29. The molecule has 1 aliphatic rings. The van der Waals surface area contributed by atoms with Gasteiger partial charge in [-0.3, -0.25) is 9.59 Å². The van der Waals surface area contributed by atoms with Crippen LogP contribution in [0.25, 0.3) is 0 Å². The predicted molar refractivity (Wildman–Crippen MR) is 94.9 cm³/mol. The Morgan fingerprint density at radius 3 is 2.07 bits per heavy atom. The van der Waals surface area contributed by atoms with E-state index in [-0.39, 0.29) is 17.5 Å². The largest absolute Gasteiger partial charge is 0.416 e. The van der Waals surface area contributed by atoms with Crippen molar-refractivity contribution in [2.24, 2.45) is 0 Å². The molecular formula is C18H18F3N5O2. The summed E-state index contributed by atoms with van der Waals surface area (Å²) < 4.78 is 37.7. The number of carbonyl (C=O) groups excluding carboxylic acids is 2. The SMILES string of the molecule is CC(=O)N1CCN(C(=O)c2cnc(Nc3ccc(C(F)(F)F)cc3)cn2)CC1. The molecular weight excluding hydrogens is 375 g/mol. The number of anilines is 2. The van der Waals surface area contributed by atoms with Crippen LogP contribution in [0.1, 0.15) is 23.0 Å². The summed E-state index contributed by atoms with van der Waals surface area (Å²) in [5.41, 5.74) is -0.161. The molecule has 1 aliphatic heterocycles. The Balaban J connectivity index is 1.60. The topological polar surface area (TPSA) is 78.4 Å². The molecule has 1 aromatic carbocycles. The molecule has 1 saturated heterocycles. The van der Waals surface area contributed by atoms with Crippen molar-refractivity contribution in [3.8, 4) is 0 Å². The molecule has 0 aliphatic carbocycles. The van der Waals surface area contributed by atoms with Crippen molar-refractivity contribution in [2.45, 2.75) is 13.1 Å². The van der Waals surface area contributed by atoms with Crippen LogP contribution >= 0.6 is 0 Å². The molecule has 0 unspecified atom stereocenters. The molecule has 0 saturated carbocycles. The maximum atomic E-state index is 12.6. The minimum atomic E-state index is -4.39. The highest BCUT2D eigenvalue weighted by Gasteiger charge is 2.30. The standard InChI is InChI=1S/C18H18F3N5O2/c1-12(27)25-6-8-26(9-7-25)17(28)15-10-23-16(11-22-15)24-14-4-2-13(3-5-14)18(19,20)21/h2-5,10-11H,6-9H2,1H3,(H,23,24). The van der Waals surface area contributed by atoms with Crippen LogP contribution in [-0.2, 0) is 11.0 Å². The van der Waals surface area contributed by atoms with E-state index in [9.17, 15) is 22.8 Å². The fraction of sp³-hybridized carbons (Fsp3) is 0.333. The average Bonchev–Trinajstić information content (AvgIpc) is 2.68. The minimum Gasteiger partial charge on any atom is -0.339 e. The number of hydrogen-bond acceptors (Lipinski definition) is 5. The van der Waals surface area contributed by atoms with Gasteiger partial charge in [-0.25, -0.2) is 9.97 Å². The van der Waals surface area contributed by atoms with Gasteiger partial charge in [-0.05, 0) is 24.3 Å². The van der Waals surface area contributed by atoms with E-state index < -0.39 is 11.7 Å². The highest BCUT2D eigenvalue weighted by atomic mass is 19.4. The van der Waals surface area contributed by atoms with Gasteiger partial charge < -0.3 is 15.1 Å². The molecule has 1 fully saturated rings. The Morgan fingerprint density at radius 2 is 1.57 bits per heavy atom. The smallest absolute Gasteiger partial charge is 0.339 e. The Bertz CT molecular complexity index is 845. The summed E-state index contributed by atoms with van der Waals surface area (Å²) in [7, 11) is 0. The van der Waals surface area contributed by atoms with Crippen molar-refractivity contribution < 1.29 is 22.8 Å². The second kappa shape index (κ2) is 7.83. The molecule has 2 aromatic rings. The van der Waals surface area contributed by atoms with Crippen LogP contribution in [0.5, 0.6) is 0 Å². The van der Waals surface area contributed by atoms with Crippen LogP contribution in [0.3, 0.4) is 0 Å². The summed E-state index contributed by atoms with van der Waals surface area (Å²) in [5, 5.41) is 2.84. The lowest BCUT2D eigenvalue weighted by Crippen LogP contribution is -2.50. The van der Waals surface area contributed by atoms with Gasteiger partial charge in [0, 0.05) is 38.8 Å². The number of aromatic nitrogens is 2. The summed E-state index contributed by atoms with van der Waals surface area (Å²) in [6.07, 6.45) is -1.74. The van der Waals surface area contributed by atoms with Gasteiger partial charge in [0.15, 0.2) is 0 Å². The normalized spacial score (nSPS) is 14.7. The second-order valence-corrected chi connectivity index (χ2v) is 6.29. The lowest BCUT2D eigenvalue weighted by atomic mass is 10.2. The Hall–Kier alpha value is -3.17. The fourth-order valence-corrected chi connectivity index (χ4v) is 2.78. The molecule has 148 valence electrons. The average molecular weight is 393 g/mol. The van der Waals surface area contributed by atoms with Gasteiger partial charge >= 0.3 is 6.18 Å². The quantitative estimate of drug-likeness (QED) is 0.867. The maximum absolute atomic E-state index is 12.6. The van der Waals surface area contributed by atoms with E-state index in [1.165, 1.54) is 31.5 Å². The molecule has 7 nitrogen and oxygen atoms in total. The third-order valence-electron chi connectivity index (χ3n) is 4.37. The number of hydrogen-bond donors (Lipinski definition) is 1. The van der Waals surface area contributed by atoms with Gasteiger partial charge in [-0.1, -0.05) is 0 Å². The Labute approximate surface area is 159 Å². The first-order valence-electron chi connectivity index (χ1n) is 8.55.